The van der Waals surface area contributed by atoms with E-state index >= 15 is 0 Å². The number of rotatable bonds is 6. The van der Waals surface area contributed by atoms with Crippen molar-refractivity contribution >= 4 is 23.8 Å². The Hall–Kier alpha value is -3.67. The summed E-state index contributed by atoms with van der Waals surface area (Å²) in [7, 11) is 1.34. The molecule has 6 heteroatoms. The third-order valence-electron chi connectivity index (χ3n) is 3.94. The van der Waals surface area contributed by atoms with Gasteiger partial charge in [-0.05, 0) is 49.4 Å². The molecule has 0 amide bonds. The Morgan fingerprint density at radius 2 is 1.75 bits per heavy atom. The third-order valence-corrected chi connectivity index (χ3v) is 3.94. The molecule has 0 fully saturated rings. The van der Waals surface area contributed by atoms with Crippen LogP contribution in [0.4, 0.5) is 5.69 Å². The van der Waals surface area contributed by atoms with Gasteiger partial charge in [0, 0.05) is 5.56 Å². The summed E-state index contributed by atoms with van der Waals surface area (Å²) in [6.45, 7) is 2.09. The van der Waals surface area contributed by atoms with Gasteiger partial charge in [-0.15, -0.1) is 0 Å². The number of carbonyl (C=O) groups is 2. The van der Waals surface area contributed by atoms with Crippen LogP contribution in [0.1, 0.15) is 33.4 Å². The van der Waals surface area contributed by atoms with Gasteiger partial charge in [-0.1, -0.05) is 18.2 Å². The van der Waals surface area contributed by atoms with Crippen molar-refractivity contribution in [1.29, 1.82) is 0 Å². The molecule has 1 heterocycles. The fraction of sp³-hybridized carbons (Fsp3) is 0.136. The van der Waals surface area contributed by atoms with Crippen molar-refractivity contribution in [2.24, 2.45) is 4.99 Å². The maximum absolute atomic E-state index is 11.9. The predicted molar refractivity (Wildman–Crippen MR) is 105 cm³/mol. The number of furan rings is 1. The number of hydrogen-bond donors (Lipinski definition) is 0. The van der Waals surface area contributed by atoms with Crippen LogP contribution < -0.4 is 0 Å². The highest BCUT2D eigenvalue weighted by molar-refractivity contribution is 5.96. The van der Waals surface area contributed by atoms with Crippen molar-refractivity contribution in [3.8, 4) is 11.3 Å². The molecule has 0 unspecified atom stereocenters. The zero-order valence-corrected chi connectivity index (χ0v) is 15.5. The molecule has 0 atom stereocenters. The van der Waals surface area contributed by atoms with Crippen molar-refractivity contribution in [2.75, 3.05) is 13.7 Å². The molecule has 0 N–H and O–H groups in total. The van der Waals surface area contributed by atoms with Crippen molar-refractivity contribution in [3.63, 3.8) is 0 Å². The van der Waals surface area contributed by atoms with E-state index in [0.717, 1.165) is 0 Å². The van der Waals surface area contributed by atoms with Gasteiger partial charge in [0.05, 0.1) is 36.7 Å². The lowest BCUT2D eigenvalue weighted by molar-refractivity contribution is 0.0525. The van der Waals surface area contributed by atoms with Crippen LogP contribution in [0.25, 0.3) is 11.3 Å². The molecule has 0 saturated heterocycles. The molecular weight excluding hydrogens is 358 g/mol. The van der Waals surface area contributed by atoms with E-state index in [1.807, 2.05) is 6.07 Å². The van der Waals surface area contributed by atoms with E-state index in [-0.39, 0.29) is 5.97 Å². The summed E-state index contributed by atoms with van der Waals surface area (Å²) >= 11 is 0. The van der Waals surface area contributed by atoms with Gasteiger partial charge in [0.15, 0.2) is 0 Å². The summed E-state index contributed by atoms with van der Waals surface area (Å²) in [5.41, 5.74) is 2.21. The van der Waals surface area contributed by atoms with Crippen LogP contribution >= 0.6 is 0 Å². The summed E-state index contributed by atoms with van der Waals surface area (Å²) in [5, 5.41) is 0. The first kappa shape index (κ1) is 19.1. The molecule has 1 aromatic heterocycles. The molecule has 6 nitrogen and oxygen atoms in total. The summed E-state index contributed by atoms with van der Waals surface area (Å²) in [6.07, 6.45) is 1.57. The highest BCUT2D eigenvalue weighted by atomic mass is 16.5. The Morgan fingerprint density at radius 1 is 1.00 bits per heavy atom. The molecule has 0 radical (unpaired) electrons. The molecule has 28 heavy (non-hydrogen) atoms. The highest BCUT2D eigenvalue weighted by Crippen LogP contribution is 2.26. The standard InChI is InChI=1S/C22H19NO5/c1-3-27-21(24)15-8-10-16(11-9-15)23-14-17-12-13-20(28-17)18-6-4-5-7-19(18)22(25)26-2/h4-14H,3H2,1-2H3. The van der Waals surface area contributed by atoms with Crippen molar-refractivity contribution in [3.05, 3.63) is 77.6 Å². The van der Waals surface area contributed by atoms with E-state index in [0.29, 0.717) is 40.5 Å². The molecular formula is C22H19NO5. The minimum Gasteiger partial charge on any atom is -0.465 e. The second-order valence-electron chi connectivity index (χ2n) is 5.76. The molecule has 0 bridgehead atoms. The van der Waals surface area contributed by atoms with Crippen LogP contribution in [-0.2, 0) is 9.47 Å². The Labute approximate surface area is 162 Å². The van der Waals surface area contributed by atoms with Crippen LogP contribution in [0, 0.1) is 0 Å². The van der Waals surface area contributed by atoms with E-state index in [4.69, 9.17) is 13.9 Å². The first-order valence-electron chi connectivity index (χ1n) is 8.71. The zero-order valence-electron chi connectivity index (χ0n) is 15.5. The van der Waals surface area contributed by atoms with Crippen LogP contribution in [-0.4, -0.2) is 31.9 Å². The van der Waals surface area contributed by atoms with Gasteiger partial charge in [0.1, 0.15) is 11.5 Å². The normalized spacial score (nSPS) is 10.8. The minimum absolute atomic E-state index is 0.332. The van der Waals surface area contributed by atoms with Crippen molar-refractivity contribution in [2.45, 2.75) is 6.92 Å². The van der Waals surface area contributed by atoms with Gasteiger partial charge in [-0.25, -0.2) is 9.59 Å². The number of benzene rings is 2. The topological polar surface area (TPSA) is 78.1 Å². The van der Waals surface area contributed by atoms with Crippen molar-refractivity contribution < 1.29 is 23.5 Å². The number of methoxy groups -OCH3 is 1. The molecule has 0 saturated carbocycles. The lowest BCUT2D eigenvalue weighted by Gasteiger charge is -2.04. The van der Waals surface area contributed by atoms with Crippen LogP contribution in [0.3, 0.4) is 0 Å². The summed E-state index contributed by atoms with van der Waals surface area (Å²) in [5.74, 6) is 0.283. The number of aliphatic imine (C=N–C) groups is 1. The maximum atomic E-state index is 11.9. The molecule has 0 aliphatic carbocycles. The van der Waals surface area contributed by atoms with Gasteiger partial charge in [-0.3, -0.25) is 4.99 Å². The van der Waals surface area contributed by atoms with Gasteiger partial charge < -0.3 is 13.9 Å². The number of nitrogens with zero attached hydrogens (tertiary/aromatic N) is 1. The first-order chi connectivity index (χ1) is 13.6. The molecule has 142 valence electrons. The van der Waals surface area contributed by atoms with Gasteiger partial charge in [0.2, 0.25) is 0 Å². The van der Waals surface area contributed by atoms with Gasteiger partial charge >= 0.3 is 11.9 Å². The summed E-state index contributed by atoms with van der Waals surface area (Å²) in [4.78, 5) is 27.9. The zero-order chi connectivity index (χ0) is 19.9. The molecule has 0 aliphatic heterocycles. The Kier molecular flexibility index (Phi) is 6.01. The fourth-order valence-corrected chi connectivity index (χ4v) is 2.59. The number of ether oxygens (including phenoxy) is 2. The largest absolute Gasteiger partial charge is 0.465 e. The minimum atomic E-state index is -0.427. The fourth-order valence-electron chi connectivity index (χ4n) is 2.59. The number of hydrogen-bond acceptors (Lipinski definition) is 6. The summed E-state index contributed by atoms with van der Waals surface area (Å²) < 4.78 is 15.6. The molecule has 0 spiro atoms. The molecule has 2 aromatic carbocycles. The highest BCUT2D eigenvalue weighted by Gasteiger charge is 2.15. The average Bonchev–Trinajstić information content (AvgIpc) is 3.21. The number of carbonyl (C=O) groups excluding carboxylic acids is 2. The van der Waals surface area contributed by atoms with E-state index in [9.17, 15) is 9.59 Å². The summed E-state index contributed by atoms with van der Waals surface area (Å²) in [6, 6.07) is 17.4. The quantitative estimate of drug-likeness (QED) is 0.461. The molecule has 0 aliphatic rings. The van der Waals surface area contributed by atoms with E-state index in [1.54, 1.807) is 67.7 Å². The smallest absolute Gasteiger partial charge is 0.338 e. The van der Waals surface area contributed by atoms with E-state index in [2.05, 4.69) is 4.99 Å². The monoisotopic (exact) mass is 377 g/mol. The number of esters is 2. The maximum Gasteiger partial charge on any atom is 0.338 e. The second kappa shape index (κ2) is 8.81. The molecule has 3 aromatic rings. The lowest BCUT2D eigenvalue weighted by atomic mass is 10.1. The SMILES string of the molecule is CCOC(=O)c1ccc(N=Cc2ccc(-c3ccccc3C(=O)OC)o2)cc1. The predicted octanol–water partition coefficient (Wildman–Crippen LogP) is 4.66. The van der Waals surface area contributed by atoms with E-state index in [1.165, 1.54) is 7.11 Å². The Bertz CT molecular complexity index is 1000. The first-order valence-corrected chi connectivity index (χ1v) is 8.71. The Morgan fingerprint density at radius 3 is 2.46 bits per heavy atom. The second-order valence-corrected chi connectivity index (χ2v) is 5.76. The van der Waals surface area contributed by atoms with Crippen LogP contribution in [0.5, 0.6) is 0 Å². The lowest BCUT2D eigenvalue weighted by Crippen LogP contribution is -2.03. The average molecular weight is 377 g/mol. The van der Waals surface area contributed by atoms with Gasteiger partial charge in [-0.2, -0.15) is 0 Å². The van der Waals surface area contributed by atoms with Gasteiger partial charge in [0.25, 0.3) is 0 Å². The third kappa shape index (κ3) is 4.35. The van der Waals surface area contributed by atoms with Crippen LogP contribution in [0.2, 0.25) is 0 Å². The Balaban J connectivity index is 1.77. The molecule has 3 rings (SSSR count). The van der Waals surface area contributed by atoms with E-state index < -0.39 is 5.97 Å². The van der Waals surface area contributed by atoms with Crippen LogP contribution in [0.15, 0.2) is 70.1 Å². The van der Waals surface area contributed by atoms with Crippen molar-refractivity contribution in [1.82, 2.24) is 0 Å².